The van der Waals surface area contributed by atoms with Crippen molar-refractivity contribution in [2.75, 3.05) is 6.54 Å². The number of fused-ring (bicyclic) bond motifs is 1. The van der Waals surface area contributed by atoms with Crippen LogP contribution in [0.2, 0.25) is 0 Å². The van der Waals surface area contributed by atoms with Crippen LogP contribution < -0.4 is 5.73 Å². The van der Waals surface area contributed by atoms with Gasteiger partial charge in [-0.1, -0.05) is 23.8 Å². The molecule has 0 unspecified atom stereocenters. The topological polar surface area (TPSA) is 56.2 Å². The van der Waals surface area contributed by atoms with Gasteiger partial charge in [-0.05, 0) is 26.0 Å². The lowest BCUT2D eigenvalue weighted by Crippen LogP contribution is -2.06. The molecule has 1 aromatic carbocycles. The van der Waals surface area contributed by atoms with E-state index in [-0.39, 0.29) is 0 Å². The second-order valence-electron chi connectivity index (χ2n) is 4.71. The molecule has 0 radical (unpaired) electrons. The second kappa shape index (κ2) is 4.75. The molecule has 0 saturated carbocycles. The number of aromatic nitrogens is 3. The standard InChI is InChI=1S/C14H16N4S/c1-9-3-4-11(10(2)7-9)12-8-19-14-17-16-13(5-6-15)18(12)14/h3-4,7-8H,5-6,15H2,1-2H3. The van der Waals surface area contributed by atoms with Crippen molar-refractivity contribution in [3.63, 3.8) is 0 Å². The summed E-state index contributed by atoms with van der Waals surface area (Å²) >= 11 is 1.62. The van der Waals surface area contributed by atoms with Gasteiger partial charge in [0.15, 0.2) is 0 Å². The Kier molecular flexibility index (Phi) is 3.08. The summed E-state index contributed by atoms with van der Waals surface area (Å²) < 4.78 is 2.12. The zero-order chi connectivity index (χ0) is 13.4. The molecule has 0 aliphatic rings. The van der Waals surface area contributed by atoms with Gasteiger partial charge < -0.3 is 5.73 Å². The van der Waals surface area contributed by atoms with Crippen LogP contribution in [0.25, 0.3) is 16.2 Å². The van der Waals surface area contributed by atoms with Gasteiger partial charge in [0.1, 0.15) is 5.82 Å². The third-order valence-electron chi connectivity index (χ3n) is 3.24. The van der Waals surface area contributed by atoms with E-state index in [1.54, 1.807) is 11.3 Å². The smallest absolute Gasteiger partial charge is 0.216 e. The number of hydrogen-bond donors (Lipinski definition) is 1. The van der Waals surface area contributed by atoms with E-state index in [4.69, 9.17) is 5.73 Å². The monoisotopic (exact) mass is 272 g/mol. The molecular formula is C14H16N4S. The van der Waals surface area contributed by atoms with E-state index < -0.39 is 0 Å². The molecule has 2 heterocycles. The summed E-state index contributed by atoms with van der Waals surface area (Å²) in [5.74, 6) is 0.939. The van der Waals surface area contributed by atoms with Gasteiger partial charge in [-0.25, -0.2) is 0 Å². The van der Waals surface area contributed by atoms with Crippen molar-refractivity contribution < 1.29 is 0 Å². The third kappa shape index (κ3) is 2.05. The lowest BCUT2D eigenvalue weighted by molar-refractivity contribution is 0.851. The number of nitrogens with two attached hydrogens (primary N) is 1. The Morgan fingerprint density at radius 2 is 2.11 bits per heavy atom. The first kappa shape index (κ1) is 12.3. The van der Waals surface area contributed by atoms with E-state index in [0.717, 1.165) is 22.9 Å². The fourth-order valence-corrected chi connectivity index (χ4v) is 3.20. The van der Waals surface area contributed by atoms with Crippen LogP contribution in [0.4, 0.5) is 0 Å². The highest BCUT2D eigenvalue weighted by molar-refractivity contribution is 7.15. The zero-order valence-corrected chi connectivity index (χ0v) is 11.9. The van der Waals surface area contributed by atoms with Gasteiger partial charge in [0.2, 0.25) is 4.96 Å². The van der Waals surface area contributed by atoms with Gasteiger partial charge in [0, 0.05) is 17.4 Å². The van der Waals surface area contributed by atoms with Crippen LogP contribution >= 0.6 is 11.3 Å². The minimum atomic E-state index is 0.586. The third-order valence-corrected chi connectivity index (χ3v) is 4.06. The summed E-state index contributed by atoms with van der Waals surface area (Å²) in [6, 6.07) is 6.50. The Morgan fingerprint density at radius 1 is 1.26 bits per heavy atom. The summed E-state index contributed by atoms with van der Waals surface area (Å²) in [6.07, 6.45) is 0.746. The predicted octanol–water partition coefficient (Wildman–Crippen LogP) is 2.58. The number of aryl methyl sites for hydroxylation is 2. The lowest BCUT2D eigenvalue weighted by atomic mass is 10.0. The summed E-state index contributed by atoms with van der Waals surface area (Å²) in [5.41, 5.74) is 10.6. The van der Waals surface area contributed by atoms with Gasteiger partial charge in [0.25, 0.3) is 0 Å². The first-order valence-corrected chi connectivity index (χ1v) is 7.18. The summed E-state index contributed by atoms with van der Waals surface area (Å²) in [5, 5.41) is 10.6. The van der Waals surface area contributed by atoms with Crippen LogP contribution in [0, 0.1) is 13.8 Å². The number of thiazole rings is 1. The number of hydrogen-bond acceptors (Lipinski definition) is 4. The Balaban J connectivity index is 2.21. The van der Waals surface area contributed by atoms with Crippen molar-refractivity contribution >= 4 is 16.3 Å². The molecule has 0 spiro atoms. The number of rotatable bonds is 3. The Labute approximate surface area is 115 Å². The highest BCUT2D eigenvalue weighted by Crippen LogP contribution is 2.29. The molecule has 98 valence electrons. The van der Waals surface area contributed by atoms with Crippen LogP contribution in [0.3, 0.4) is 0 Å². The summed E-state index contributed by atoms with van der Waals surface area (Å²) in [7, 11) is 0. The van der Waals surface area contributed by atoms with Crippen molar-refractivity contribution in [3.8, 4) is 11.3 Å². The molecule has 5 heteroatoms. The van der Waals surface area contributed by atoms with Crippen LogP contribution in [-0.4, -0.2) is 21.1 Å². The van der Waals surface area contributed by atoms with Crippen LogP contribution in [0.15, 0.2) is 23.6 Å². The molecule has 0 aliphatic heterocycles. The molecular weight excluding hydrogens is 256 g/mol. The first-order chi connectivity index (χ1) is 9.20. The van der Waals surface area contributed by atoms with E-state index in [1.807, 2.05) is 0 Å². The maximum atomic E-state index is 5.64. The molecule has 19 heavy (non-hydrogen) atoms. The van der Waals surface area contributed by atoms with Crippen molar-refractivity contribution in [2.45, 2.75) is 20.3 Å². The fourth-order valence-electron chi connectivity index (χ4n) is 2.36. The first-order valence-electron chi connectivity index (χ1n) is 6.30. The number of benzene rings is 1. The van der Waals surface area contributed by atoms with Gasteiger partial charge in [-0.15, -0.1) is 21.5 Å². The Morgan fingerprint density at radius 3 is 2.84 bits per heavy atom. The normalized spacial score (nSPS) is 11.3. The largest absolute Gasteiger partial charge is 0.330 e. The average Bonchev–Trinajstić information content (AvgIpc) is 2.93. The number of nitrogens with zero attached hydrogens (tertiary/aromatic N) is 3. The molecule has 3 rings (SSSR count). The minimum Gasteiger partial charge on any atom is -0.330 e. The fraction of sp³-hybridized carbons (Fsp3) is 0.286. The van der Waals surface area contributed by atoms with Crippen LogP contribution in [-0.2, 0) is 6.42 Å². The van der Waals surface area contributed by atoms with Crippen molar-refractivity contribution in [3.05, 3.63) is 40.5 Å². The second-order valence-corrected chi connectivity index (χ2v) is 5.55. The minimum absolute atomic E-state index is 0.586. The summed E-state index contributed by atoms with van der Waals surface area (Å²) in [4.78, 5) is 0.929. The van der Waals surface area contributed by atoms with Gasteiger partial charge in [-0.3, -0.25) is 4.40 Å². The van der Waals surface area contributed by atoms with E-state index >= 15 is 0 Å². The highest BCUT2D eigenvalue weighted by Gasteiger charge is 2.14. The summed E-state index contributed by atoms with van der Waals surface area (Å²) in [6.45, 7) is 4.83. The molecule has 2 N–H and O–H groups in total. The molecule has 0 saturated heterocycles. The Bertz CT molecular complexity index is 726. The quantitative estimate of drug-likeness (QED) is 0.797. The van der Waals surface area contributed by atoms with E-state index in [1.165, 1.54) is 16.7 Å². The molecule has 3 aromatic rings. The molecule has 4 nitrogen and oxygen atoms in total. The molecule has 0 fully saturated rings. The van der Waals surface area contributed by atoms with Crippen molar-refractivity contribution in [2.24, 2.45) is 5.73 Å². The molecule has 0 aliphatic carbocycles. The van der Waals surface area contributed by atoms with E-state index in [2.05, 4.69) is 52.0 Å². The van der Waals surface area contributed by atoms with Crippen molar-refractivity contribution in [1.82, 2.24) is 14.6 Å². The van der Waals surface area contributed by atoms with Crippen LogP contribution in [0.5, 0.6) is 0 Å². The van der Waals surface area contributed by atoms with E-state index in [9.17, 15) is 0 Å². The molecule has 2 aromatic heterocycles. The molecule has 0 bridgehead atoms. The average molecular weight is 272 g/mol. The Hall–Kier alpha value is -1.72. The molecule has 0 atom stereocenters. The molecule has 0 amide bonds. The zero-order valence-electron chi connectivity index (χ0n) is 11.1. The van der Waals surface area contributed by atoms with Gasteiger partial charge in [0.05, 0.1) is 5.69 Å². The SMILES string of the molecule is Cc1ccc(-c2csc3nnc(CCN)n23)c(C)c1. The maximum Gasteiger partial charge on any atom is 0.216 e. The van der Waals surface area contributed by atoms with E-state index in [0.29, 0.717) is 6.54 Å². The lowest BCUT2D eigenvalue weighted by Gasteiger charge is -2.07. The predicted molar refractivity (Wildman–Crippen MR) is 78.5 cm³/mol. The maximum absolute atomic E-state index is 5.64. The van der Waals surface area contributed by atoms with Crippen molar-refractivity contribution in [1.29, 1.82) is 0 Å². The van der Waals surface area contributed by atoms with Gasteiger partial charge >= 0.3 is 0 Å². The highest BCUT2D eigenvalue weighted by atomic mass is 32.1. The van der Waals surface area contributed by atoms with Crippen LogP contribution in [0.1, 0.15) is 17.0 Å². The van der Waals surface area contributed by atoms with Gasteiger partial charge in [-0.2, -0.15) is 0 Å².